The molecule has 2 heterocycles. The van der Waals surface area contributed by atoms with Crippen molar-refractivity contribution in [1.82, 2.24) is 14.8 Å². The van der Waals surface area contributed by atoms with Gasteiger partial charge in [0.15, 0.2) is 5.16 Å². The van der Waals surface area contributed by atoms with Crippen LogP contribution < -0.4 is 5.69 Å². The van der Waals surface area contributed by atoms with Crippen LogP contribution in [0, 0.1) is 10.1 Å². The summed E-state index contributed by atoms with van der Waals surface area (Å²) in [6.45, 7) is 3.96. The van der Waals surface area contributed by atoms with Gasteiger partial charge in [-0.1, -0.05) is 6.92 Å². The molecule has 0 aliphatic heterocycles. The second kappa shape index (κ2) is 6.41. The summed E-state index contributed by atoms with van der Waals surface area (Å²) in [4.78, 5) is 22.7. The third-order valence-corrected chi connectivity index (χ3v) is 5.14. The minimum absolute atomic E-state index is 0.0839. The third-order valence-electron chi connectivity index (χ3n) is 2.66. The molecule has 0 amide bonds. The summed E-state index contributed by atoms with van der Waals surface area (Å²) in [6, 6.07) is 1.35. The molecule has 0 spiro atoms. The van der Waals surface area contributed by atoms with E-state index in [1.54, 1.807) is 6.92 Å². The van der Waals surface area contributed by atoms with E-state index in [4.69, 9.17) is 0 Å². The van der Waals surface area contributed by atoms with Crippen LogP contribution in [-0.2, 0) is 6.54 Å². The summed E-state index contributed by atoms with van der Waals surface area (Å²) in [5.41, 5.74) is -0.422. The summed E-state index contributed by atoms with van der Waals surface area (Å²) in [5, 5.41) is 27.3. The average molecular weight is 330 g/mol. The maximum atomic E-state index is 11.6. The van der Waals surface area contributed by atoms with E-state index in [2.05, 4.69) is 10.2 Å². The minimum atomic E-state index is -0.778. The predicted octanol–water partition coefficient (Wildman–Crippen LogP) is 2.16. The van der Waals surface area contributed by atoms with Gasteiger partial charge >= 0.3 is 5.69 Å². The summed E-state index contributed by atoms with van der Waals surface area (Å²) in [5.74, 6) is 0. The number of hydrogen-bond donors (Lipinski definition) is 2. The van der Waals surface area contributed by atoms with Crippen molar-refractivity contribution in [2.45, 2.75) is 42.3 Å². The Morgan fingerprint density at radius 1 is 1.67 bits per heavy atom. The molecule has 2 aromatic heterocycles. The van der Waals surface area contributed by atoms with Crippen molar-refractivity contribution in [1.29, 1.82) is 0 Å². The van der Waals surface area contributed by atoms with Crippen molar-refractivity contribution in [2.75, 3.05) is 0 Å². The van der Waals surface area contributed by atoms with E-state index in [9.17, 15) is 20.0 Å². The lowest BCUT2D eigenvalue weighted by atomic mass is 10.3. The molecule has 10 heteroatoms. The van der Waals surface area contributed by atoms with E-state index >= 15 is 0 Å². The molecule has 0 fully saturated rings. The Balaban J connectivity index is 2.39. The molecule has 2 aromatic rings. The summed E-state index contributed by atoms with van der Waals surface area (Å²) < 4.78 is 1.84. The lowest BCUT2D eigenvalue weighted by Crippen LogP contribution is -2.17. The van der Waals surface area contributed by atoms with Gasteiger partial charge in [0.2, 0.25) is 0 Å². The van der Waals surface area contributed by atoms with Gasteiger partial charge in [0.1, 0.15) is 4.21 Å². The fourth-order valence-electron chi connectivity index (χ4n) is 1.67. The molecule has 0 unspecified atom stereocenters. The van der Waals surface area contributed by atoms with Gasteiger partial charge in [-0.05, 0) is 25.1 Å². The number of thiophene rings is 1. The molecular formula is C11H14N4O4S2. The first-order valence-corrected chi connectivity index (χ1v) is 7.86. The largest absolute Gasteiger partial charge is 0.388 e. The first-order valence-electron chi connectivity index (χ1n) is 6.23. The maximum absolute atomic E-state index is 11.6. The number of nitro groups is 1. The Morgan fingerprint density at radius 3 is 2.95 bits per heavy atom. The Labute approximate surface area is 128 Å². The highest BCUT2D eigenvalue weighted by Crippen LogP contribution is 2.42. The second-order valence-electron chi connectivity index (χ2n) is 4.32. The quantitative estimate of drug-likeness (QED) is 0.619. The Bertz CT molecular complexity index is 703. The Kier molecular flexibility index (Phi) is 4.80. The Hall–Kier alpha value is -1.65. The molecule has 0 aromatic carbocycles. The van der Waals surface area contributed by atoms with Crippen molar-refractivity contribution < 1.29 is 10.0 Å². The standard InChI is InChI=1S/C11H14N4O4S2/c1-3-4-14-10(17)12-13-11(14)21-9-7(15(18)19)5-8(20-9)6(2)16/h5-6,16H,3-4H2,1-2H3,(H,12,17)/t6-/m0/s1. The van der Waals surface area contributed by atoms with Crippen LogP contribution in [0.1, 0.15) is 31.2 Å². The van der Waals surface area contributed by atoms with Crippen molar-refractivity contribution in [3.8, 4) is 0 Å². The van der Waals surface area contributed by atoms with Crippen molar-refractivity contribution in [3.63, 3.8) is 0 Å². The monoisotopic (exact) mass is 330 g/mol. The van der Waals surface area contributed by atoms with Crippen molar-refractivity contribution >= 4 is 28.8 Å². The van der Waals surface area contributed by atoms with Crippen LogP contribution in [0.2, 0.25) is 0 Å². The fraction of sp³-hybridized carbons (Fsp3) is 0.455. The summed E-state index contributed by atoms with van der Waals surface area (Å²) >= 11 is 2.18. The summed E-state index contributed by atoms with van der Waals surface area (Å²) in [7, 11) is 0. The SMILES string of the molecule is CCCn1c(Sc2sc([C@H](C)O)cc2[N+](=O)[O-])n[nH]c1=O. The molecule has 0 bridgehead atoms. The number of nitrogens with one attached hydrogen (secondary N) is 1. The molecule has 2 N–H and O–H groups in total. The molecule has 21 heavy (non-hydrogen) atoms. The van der Waals surface area contributed by atoms with Gasteiger partial charge in [-0.2, -0.15) is 0 Å². The molecule has 0 radical (unpaired) electrons. The van der Waals surface area contributed by atoms with Crippen molar-refractivity contribution in [2.24, 2.45) is 0 Å². The van der Waals surface area contributed by atoms with Crippen LogP contribution in [0.15, 0.2) is 20.2 Å². The molecule has 0 saturated heterocycles. The van der Waals surface area contributed by atoms with Crippen LogP contribution in [-0.4, -0.2) is 24.8 Å². The van der Waals surface area contributed by atoms with Crippen LogP contribution in [0.5, 0.6) is 0 Å². The van der Waals surface area contributed by atoms with Crippen LogP contribution in [0.4, 0.5) is 5.69 Å². The number of aliphatic hydroxyl groups excluding tert-OH is 1. The lowest BCUT2D eigenvalue weighted by molar-refractivity contribution is -0.387. The minimum Gasteiger partial charge on any atom is -0.388 e. The highest BCUT2D eigenvalue weighted by molar-refractivity contribution is 8.01. The highest BCUT2D eigenvalue weighted by Gasteiger charge is 2.23. The molecule has 1 atom stereocenters. The van der Waals surface area contributed by atoms with E-state index in [-0.39, 0.29) is 11.4 Å². The summed E-state index contributed by atoms with van der Waals surface area (Å²) in [6.07, 6.45) is -0.0292. The molecule has 0 aliphatic rings. The zero-order chi connectivity index (χ0) is 15.6. The number of H-pyrrole nitrogens is 1. The molecule has 0 saturated carbocycles. The van der Waals surface area contributed by atoms with E-state index in [1.807, 2.05) is 6.92 Å². The zero-order valence-corrected chi connectivity index (χ0v) is 13.0. The van der Waals surface area contributed by atoms with Gasteiger partial charge in [-0.3, -0.25) is 14.7 Å². The molecular weight excluding hydrogens is 316 g/mol. The highest BCUT2D eigenvalue weighted by atomic mass is 32.2. The van der Waals surface area contributed by atoms with E-state index in [0.29, 0.717) is 20.8 Å². The number of aromatic nitrogens is 3. The molecule has 8 nitrogen and oxygen atoms in total. The van der Waals surface area contributed by atoms with Gasteiger partial charge in [-0.15, -0.1) is 16.4 Å². The smallest absolute Gasteiger partial charge is 0.343 e. The molecule has 114 valence electrons. The second-order valence-corrected chi connectivity index (χ2v) is 6.64. The number of aliphatic hydroxyl groups is 1. The first kappa shape index (κ1) is 15.7. The van der Waals surface area contributed by atoms with E-state index in [0.717, 1.165) is 29.5 Å². The van der Waals surface area contributed by atoms with Crippen molar-refractivity contribution in [3.05, 3.63) is 31.5 Å². The third kappa shape index (κ3) is 3.34. The Morgan fingerprint density at radius 2 is 2.38 bits per heavy atom. The number of hydrogen-bond acceptors (Lipinski definition) is 7. The van der Waals surface area contributed by atoms with Crippen LogP contribution in [0.25, 0.3) is 0 Å². The molecule has 0 aliphatic carbocycles. The lowest BCUT2D eigenvalue weighted by Gasteiger charge is -2.01. The zero-order valence-electron chi connectivity index (χ0n) is 11.4. The number of rotatable bonds is 6. The van der Waals surface area contributed by atoms with Gasteiger partial charge in [0.25, 0.3) is 5.69 Å². The van der Waals surface area contributed by atoms with E-state index in [1.165, 1.54) is 10.6 Å². The first-order chi connectivity index (χ1) is 9.93. The maximum Gasteiger partial charge on any atom is 0.343 e. The normalized spacial score (nSPS) is 12.5. The van der Waals surface area contributed by atoms with Gasteiger partial charge in [0, 0.05) is 17.5 Å². The topological polar surface area (TPSA) is 114 Å². The van der Waals surface area contributed by atoms with Gasteiger partial charge in [-0.25, -0.2) is 9.89 Å². The number of aromatic amines is 1. The average Bonchev–Trinajstić information content (AvgIpc) is 2.98. The van der Waals surface area contributed by atoms with Crippen LogP contribution >= 0.6 is 23.1 Å². The van der Waals surface area contributed by atoms with Gasteiger partial charge in [0.05, 0.1) is 11.0 Å². The fourth-order valence-corrected chi connectivity index (χ4v) is 3.93. The van der Waals surface area contributed by atoms with Gasteiger partial charge < -0.3 is 5.11 Å². The predicted molar refractivity (Wildman–Crippen MR) is 78.9 cm³/mol. The van der Waals surface area contributed by atoms with E-state index < -0.39 is 11.0 Å². The number of nitrogens with zero attached hydrogens (tertiary/aromatic N) is 3. The molecule has 2 rings (SSSR count). The van der Waals surface area contributed by atoms with Crippen LogP contribution in [0.3, 0.4) is 0 Å².